The highest BCUT2D eigenvalue weighted by atomic mass is 35.5. The number of alkyl halides is 3. The molecule has 0 unspecified atom stereocenters. The van der Waals surface area contributed by atoms with Crippen LogP contribution < -0.4 is 9.62 Å². The van der Waals surface area contributed by atoms with Crippen molar-refractivity contribution < 1.29 is 26.4 Å². The third-order valence-electron chi connectivity index (χ3n) is 4.15. The Kier molecular flexibility index (Phi) is 8.67. The normalized spacial score (nSPS) is 11.9. The number of amides is 1. The van der Waals surface area contributed by atoms with Crippen LogP contribution in [0.1, 0.15) is 16.7 Å². The molecule has 31 heavy (non-hydrogen) atoms. The van der Waals surface area contributed by atoms with Crippen LogP contribution >= 0.6 is 23.4 Å². The Morgan fingerprint density at radius 2 is 1.90 bits per heavy atom. The van der Waals surface area contributed by atoms with E-state index < -0.39 is 39.2 Å². The van der Waals surface area contributed by atoms with Crippen LogP contribution in [-0.4, -0.2) is 39.4 Å². The predicted octanol–water partition coefficient (Wildman–Crippen LogP) is 4.48. The first-order valence-corrected chi connectivity index (χ1v) is 12.5. The molecule has 0 fully saturated rings. The van der Waals surface area contributed by atoms with Gasteiger partial charge in [-0.25, -0.2) is 8.42 Å². The van der Waals surface area contributed by atoms with Gasteiger partial charge in [0.05, 0.1) is 22.5 Å². The molecule has 0 saturated carbocycles. The number of nitrogens with zero attached hydrogens (tertiary/aromatic N) is 1. The maximum atomic E-state index is 13.1. The average molecular weight is 495 g/mol. The van der Waals surface area contributed by atoms with Gasteiger partial charge in [0.15, 0.2) is 0 Å². The van der Waals surface area contributed by atoms with Crippen LogP contribution in [0.25, 0.3) is 0 Å². The van der Waals surface area contributed by atoms with Crippen molar-refractivity contribution in [1.82, 2.24) is 5.32 Å². The summed E-state index contributed by atoms with van der Waals surface area (Å²) in [6.07, 6.45) is -3.94. The third kappa shape index (κ3) is 7.93. The number of carbonyl (C=O) groups excluding carboxylic acids is 1. The standard InChI is InChI=1S/C20H22ClF3N2O3S2/c1-14-4-3-5-15(10-14)13-30-9-8-25-19(27)12-26(31(2,28)29)16-6-7-18(21)17(11-16)20(22,23)24/h3-7,10-11H,8-9,12-13H2,1-2H3,(H,25,27). The second-order valence-corrected chi connectivity index (χ2v) is 10.2. The minimum atomic E-state index is -4.76. The number of rotatable bonds is 9. The van der Waals surface area contributed by atoms with Crippen molar-refractivity contribution >= 4 is 45.0 Å². The second-order valence-electron chi connectivity index (χ2n) is 6.82. The topological polar surface area (TPSA) is 66.5 Å². The van der Waals surface area contributed by atoms with Crippen molar-refractivity contribution in [2.45, 2.75) is 18.9 Å². The van der Waals surface area contributed by atoms with Crippen LogP contribution in [0.4, 0.5) is 18.9 Å². The highest BCUT2D eigenvalue weighted by molar-refractivity contribution is 7.98. The molecule has 2 aromatic rings. The molecule has 0 atom stereocenters. The van der Waals surface area contributed by atoms with Crippen LogP contribution in [0.15, 0.2) is 42.5 Å². The van der Waals surface area contributed by atoms with Gasteiger partial charge in [-0.05, 0) is 30.7 Å². The Morgan fingerprint density at radius 1 is 1.19 bits per heavy atom. The zero-order chi connectivity index (χ0) is 23.2. The van der Waals surface area contributed by atoms with Gasteiger partial charge in [-0.1, -0.05) is 41.4 Å². The molecule has 0 saturated heterocycles. The summed E-state index contributed by atoms with van der Waals surface area (Å²) in [6.45, 7) is 1.65. The van der Waals surface area contributed by atoms with Crippen molar-refractivity contribution in [3.05, 3.63) is 64.2 Å². The van der Waals surface area contributed by atoms with Gasteiger partial charge in [-0.3, -0.25) is 9.10 Å². The monoisotopic (exact) mass is 494 g/mol. The molecule has 0 aliphatic rings. The van der Waals surface area contributed by atoms with Crippen LogP contribution in [0.5, 0.6) is 0 Å². The maximum Gasteiger partial charge on any atom is 0.417 e. The first-order valence-electron chi connectivity index (χ1n) is 9.12. The summed E-state index contributed by atoms with van der Waals surface area (Å²) < 4.78 is 64.1. The quantitative estimate of drug-likeness (QED) is 0.522. The molecule has 170 valence electrons. The van der Waals surface area contributed by atoms with Crippen molar-refractivity contribution in [3.8, 4) is 0 Å². The lowest BCUT2D eigenvalue weighted by molar-refractivity contribution is -0.137. The smallest absolute Gasteiger partial charge is 0.354 e. The zero-order valence-corrected chi connectivity index (χ0v) is 19.3. The molecule has 0 aromatic heterocycles. The van der Waals surface area contributed by atoms with Gasteiger partial charge < -0.3 is 5.32 Å². The van der Waals surface area contributed by atoms with E-state index in [1.165, 1.54) is 0 Å². The molecule has 2 rings (SSSR count). The highest BCUT2D eigenvalue weighted by Gasteiger charge is 2.34. The molecular weight excluding hydrogens is 473 g/mol. The molecule has 0 radical (unpaired) electrons. The summed E-state index contributed by atoms with van der Waals surface area (Å²) in [7, 11) is -4.01. The molecule has 0 spiro atoms. The number of anilines is 1. The lowest BCUT2D eigenvalue weighted by atomic mass is 10.2. The van der Waals surface area contributed by atoms with Crippen molar-refractivity contribution in [2.24, 2.45) is 0 Å². The van der Waals surface area contributed by atoms with E-state index in [0.29, 0.717) is 22.7 Å². The number of hydrogen-bond acceptors (Lipinski definition) is 4. The fraction of sp³-hybridized carbons (Fsp3) is 0.350. The van der Waals surface area contributed by atoms with Crippen molar-refractivity contribution in [2.75, 3.05) is 29.4 Å². The first-order chi connectivity index (χ1) is 14.4. The Morgan fingerprint density at radius 3 is 2.52 bits per heavy atom. The molecule has 2 aromatic carbocycles. The molecule has 11 heteroatoms. The summed E-state index contributed by atoms with van der Waals surface area (Å²) in [5.41, 5.74) is 0.849. The van der Waals surface area contributed by atoms with Gasteiger partial charge in [0.2, 0.25) is 15.9 Å². The predicted molar refractivity (Wildman–Crippen MR) is 119 cm³/mol. The number of hydrogen-bond donors (Lipinski definition) is 1. The number of nitrogens with one attached hydrogen (secondary N) is 1. The number of sulfonamides is 1. The summed E-state index contributed by atoms with van der Waals surface area (Å²) in [6, 6.07) is 10.7. The fourth-order valence-corrected chi connectivity index (χ4v) is 4.61. The van der Waals surface area contributed by atoms with Crippen LogP contribution in [0.3, 0.4) is 0 Å². The zero-order valence-electron chi connectivity index (χ0n) is 16.9. The number of aryl methyl sites for hydroxylation is 1. The molecule has 0 heterocycles. The maximum absolute atomic E-state index is 13.1. The lowest BCUT2D eigenvalue weighted by Gasteiger charge is -2.23. The number of carbonyl (C=O) groups is 1. The van der Waals surface area contributed by atoms with Gasteiger partial charge in [-0.2, -0.15) is 24.9 Å². The Labute approximate surface area is 189 Å². The molecule has 0 bridgehead atoms. The summed E-state index contributed by atoms with van der Waals surface area (Å²) >= 11 is 7.18. The average Bonchev–Trinajstić information content (AvgIpc) is 2.65. The van der Waals surface area contributed by atoms with Crippen LogP contribution in [-0.2, 0) is 26.7 Å². The second kappa shape index (κ2) is 10.6. The van der Waals surface area contributed by atoms with Crippen LogP contribution in [0, 0.1) is 6.92 Å². The van der Waals surface area contributed by atoms with Gasteiger partial charge in [0.25, 0.3) is 0 Å². The van der Waals surface area contributed by atoms with E-state index >= 15 is 0 Å². The minimum Gasteiger partial charge on any atom is -0.354 e. The minimum absolute atomic E-state index is 0.289. The first kappa shape index (κ1) is 25.4. The van der Waals surface area contributed by atoms with Crippen molar-refractivity contribution in [3.63, 3.8) is 0 Å². The largest absolute Gasteiger partial charge is 0.417 e. The van der Waals surface area contributed by atoms with E-state index in [-0.39, 0.29) is 5.69 Å². The van der Waals surface area contributed by atoms with E-state index in [1.807, 2.05) is 25.1 Å². The van der Waals surface area contributed by atoms with E-state index in [2.05, 4.69) is 11.4 Å². The van der Waals surface area contributed by atoms with Gasteiger partial charge in [-0.15, -0.1) is 0 Å². The number of halogens is 4. The number of thioether (sulfide) groups is 1. The van der Waals surface area contributed by atoms with E-state index in [9.17, 15) is 26.4 Å². The van der Waals surface area contributed by atoms with Crippen LogP contribution in [0.2, 0.25) is 5.02 Å². The lowest BCUT2D eigenvalue weighted by Crippen LogP contribution is -2.41. The highest BCUT2D eigenvalue weighted by Crippen LogP contribution is 2.37. The Balaban J connectivity index is 1.96. The SMILES string of the molecule is Cc1cccc(CSCCNC(=O)CN(c2ccc(Cl)c(C(F)(F)F)c2)S(C)(=O)=O)c1. The molecule has 1 amide bonds. The molecular formula is C20H22ClF3N2O3S2. The van der Waals surface area contributed by atoms with E-state index in [4.69, 9.17) is 11.6 Å². The Bertz CT molecular complexity index is 1030. The Hall–Kier alpha value is -1.91. The molecule has 1 N–H and O–H groups in total. The third-order valence-corrected chi connectivity index (χ3v) is 6.65. The molecule has 5 nitrogen and oxygen atoms in total. The van der Waals surface area contributed by atoms with E-state index in [1.54, 1.807) is 11.8 Å². The van der Waals surface area contributed by atoms with Gasteiger partial charge in [0, 0.05) is 18.1 Å². The van der Waals surface area contributed by atoms with E-state index in [0.717, 1.165) is 35.3 Å². The summed E-state index contributed by atoms with van der Waals surface area (Å²) in [5.74, 6) is 0.737. The van der Waals surface area contributed by atoms with Gasteiger partial charge >= 0.3 is 6.18 Å². The molecule has 0 aliphatic heterocycles. The van der Waals surface area contributed by atoms with Gasteiger partial charge in [0.1, 0.15) is 6.54 Å². The van der Waals surface area contributed by atoms with Crippen molar-refractivity contribution in [1.29, 1.82) is 0 Å². The summed E-state index contributed by atoms with van der Waals surface area (Å²) in [5, 5.41) is 2.04. The molecule has 0 aliphatic carbocycles. The summed E-state index contributed by atoms with van der Waals surface area (Å²) in [4.78, 5) is 12.2. The number of benzene rings is 2. The fourth-order valence-electron chi connectivity index (χ4n) is 2.73.